The topological polar surface area (TPSA) is 52.1 Å². The number of thiazole rings is 1. The molecule has 0 aliphatic heterocycles. The van der Waals surface area contributed by atoms with E-state index in [1.807, 2.05) is 11.4 Å². The van der Waals surface area contributed by atoms with Crippen LogP contribution in [0.25, 0.3) is 0 Å². The molecule has 2 aromatic heterocycles. The highest BCUT2D eigenvalue weighted by atomic mass is 32.1. The van der Waals surface area contributed by atoms with Crippen molar-refractivity contribution in [1.82, 2.24) is 9.97 Å². The molecule has 0 N–H and O–H groups in total. The van der Waals surface area contributed by atoms with Gasteiger partial charge < -0.3 is 4.74 Å². The molecule has 2 heterocycles. The summed E-state index contributed by atoms with van der Waals surface area (Å²) in [6.07, 6.45) is 5.29. The Morgan fingerprint density at radius 2 is 2.24 bits per heavy atom. The molecule has 88 valence electrons. The van der Waals surface area contributed by atoms with Gasteiger partial charge in [0.2, 0.25) is 0 Å². The standard InChI is InChI=1S/C12H12N2O2S/c1-16-12(15)10-4-2-9(8-14-10)3-5-11-13-6-7-17-11/h2,4,6-8H,3,5H2,1H3. The first-order valence-electron chi connectivity index (χ1n) is 5.21. The van der Waals surface area contributed by atoms with Crippen molar-refractivity contribution < 1.29 is 9.53 Å². The van der Waals surface area contributed by atoms with Gasteiger partial charge in [0.05, 0.1) is 12.1 Å². The SMILES string of the molecule is COC(=O)c1ccc(CCc2nccs2)cn1. The van der Waals surface area contributed by atoms with E-state index in [1.165, 1.54) is 7.11 Å². The van der Waals surface area contributed by atoms with Crippen LogP contribution in [-0.4, -0.2) is 23.0 Å². The van der Waals surface area contributed by atoms with Crippen LogP contribution in [0.4, 0.5) is 0 Å². The smallest absolute Gasteiger partial charge is 0.356 e. The summed E-state index contributed by atoms with van der Waals surface area (Å²) in [6.45, 7) is 0. The van der Waals surface area contributed by atoms with Gasteiger partial charge >= 0.3 is 5.97 Å². The number of rotatable bonds is 4. The summed E-state index contributed by atoms with van der Waals surface area (Å²) in [6, 6.07) is 3.58. The number of aromatic nitrogens is 2. The van der Waals surface area contributed by atoms with E-state index in [9.17, 15) is 4.79 Å². The largest absolute Gasteiger partial charge is 0.464 e. The number of carbonyl (C=O) groups is 1. The highest BCUT2D eigenvalue weighted by molar-refractivity contribution is 7.09. The Labute approximate surface area is 103 Å². The lowest BCUT2D eigenvalue weighted by molar-refractivity contribution is 0.0594. The monoisotopic (exact) mass is 248 g/mol. The van der Waals surface area contributed by atoms with E-state index >= 15 is 0 Å². The lowest BCUT2D eigenvalue weighted by Crippen LogP contribution is -2.04. The van der Waals surface area contributed by atoms with Crippen molar-refractivity contribution in [2.75, 3.05) is 7.11 Å². The average Bonchev–Trinajstić information content (AvgIpc) is 2.89. The van der Waals surface area contributed by atoms with E-state index in [0.717, 1.165) is 23.4 Å². The molecule has 0 bridgehead atoms. The highest BCUT2D eigenvalue weighted by Gasteiger charge is 2.06. The number of esters is 1. The zero-order valence-electron chi connectivity index (χ0n) is 9.42. The molecule has 0 aromatic carbocycles. The molecule has 0 saturated carbocycles. The van der Waals surface area contributed by atoms with Crippen molar-refractivity contribution in [3.63, 3.8) is 0 Å². The quantitative estimate of drug-likeness (QED) is 0.778. The summed E-state index contributed by atoms with van der Waals surface area (Å²) in [4.78, 5) is 19.4. The average molecular weight is 248 g/mol. The molecule has 0 atom stereocenters. The Bertz CT molecular complexity index is 480. The van der Waals surface area contributed by atoms with E-state index in [-0.39, 0.29) is 0 Å². The van der Waals surface area contributed by atoms with Crippen molar-refractivity contribution in [2.45, 2.75) is 12.8 Å². The van der Waals surface area contributed by atoms with Crippen LogP contribution in [0.3, 0.4) is 0 Å². The second kappa shape index (κ2) is 5.54. The first kappa shape index (κ1) is 11.7. The predicted molar refractivity (Wildman–Crippen MR) is 65.1 cm³/mol. The molecule has 0 fully saturated rings. The van der Waals surface area contributed by atoms with Crippen LogP contribution in [0.2, 0.25) is 0 Å². The van der Waals surface area contributed by atoms with Crippen molar-refractivity contribution >= 4 is 17.3 Å². The fourth-order valence-electron chi connectivity index (χ4n) is 1.43. The molecule has 0 aliphatic carbocycles. The first-order valence-corrected chi connectivity index (χ1v) is 6.09. The Balaban J connectivity index is 1.96. The number of hydrogen-bond acceptors (Lipinski definition) is 5. The van der Waals surface area contributed by atoms with Crippen LogP contribution >= 0.6 is 11.3 Å². The molecule has 2 aromatic rings. The predicted octanol–water partition coefficient (Wildman–Crippen LogP) is 2.11. The molecular weight excluding hydrogens is 236 g/mol. The minimum atomic E-state index is -0.406. The molecule has 0 amide bonds. The van der Waals surface area contributed by atoms with Crippen molar-refractivity contribution in [3.8, 4) is 0 Å². The van der Waals surface area contributed by atoms with Gasteiger partial charge in [-0.1, -0.05) is 6.07 Å². The van der Waals surface area contributed by atoms with Crippen molar-refractivity contribution in [2.24, 2.45) is 0 Å². The second-order valence-electron chi connectivity index (χ2n) is 3.47. The molecule has 0 saturated heterocycles. The Hall–Kier alpha value is -1.75. The number of methoxy groups -OCH3 is 1. The number of aryl methyl sites for hydroxylation is 2. The molecule has 0 aliphatic rings. The third-order valence-electron chi connectivity index (χ3n) is 2.33. The lowest BCUT2D eigenvalue weighted by atomic mass is 10.1. The number of pyridine rings is 1. The van der Waals surface area contributed by atoms with Gasteiger partial charge in [-0.25, -0.2) is 14.8 Å². The summed E-state index contributed by atoms with van der Waals surface area (Å²) in [5, 5.41) is 3.08. The molecular formula is C12H12N2O2S. The molecule has 0 radical (unpaired) electrons. The van der Waals surface area contributed by atoms with Gasteiger partial charge in [0.25, 0.3) is 0 Å². The highest BCUT2D eigenvalue weighted by Crippen LogP contribution is 2.09. The van der Waals surface area contributed by atoms with Gasteiger partial charge in [-0.05, 0) is 18.1 Å². The third kappa shape index (κ3) is 3.10. The maximum Gasteiger partial charge on any atom is 0.356 e. The van der Waals surface area contributed by atoms with E-state index in [1.54, 1.807) is 29.8 Å². The molecule has 5 heteroatoms. The van der Waals surface area contributed by atoms with E-state index in [4.69, 9.17) is 0 Å². The van der Waals surface area contributed by atoms with Gasteiger partial charge in [-0.15, -0.1) is 11.3 Å². The maximum absolute atomic E-state index is 11.2. The summed E-state index contributed by atoms with van der Waals surface area (Å²) in [7, 11) is 1.35. The summed E-state index contributed by atoms with van der Waals surface area (Å²) in [5.41, 5.74) is 1.43. The van der Waals surface area contributed by atoms with Gasteiger partial charge in [0.1, 0.15) is 5.69 Å². The van der Waals surface area contributed by atoms with Crippen LogP contribution in [0.1, 0.15) is 21.1 Å². The molecule has 0 unspecified atom stereocenters. The molecule has 4 nitrogen and oxygen atoms in total. The van der Waals surface area contributed by atoms with Crippen LogP contribution in [0, 0.1) is 0 Å². The Kier molecular flexibility index (Phi) is 3.82. The Morgan fingerprint density at radius 3 is 2.82 bits per heavy atom. The number of ether oxygens (including phenoxy) is 1. The fourth-order valence-corrected chi connectivity index (χ4v) is 2.05. The zero-order valence-corrected chi connectivity index (χ0v) is 10.2. The van der Waals surface area contributed by atoms with E-state index in [2.05, 4.69) is 14.7 Å². The normalized spacial score (nSPS) is 10.2. The van der Waals surface area contributed by atoms with E-state index in [0.29, 0.717) is 5.69 Å². The zero-order chi connectivity index (χ0) is 12.1. The number of nitrogens with zero attached hydrogens (tertiary/aromatic N) is 2. The van der Waals surface area contributed by atoms with E-state index < -0.39 is 5.97 Å². The second-order valence-corrected chi connectivity index (χ2v) is 4.45. The fraction of sp³-hybridized carbons (Fsp3) is 0.250. The van der Waals surface area contributed by atoms with Crippen molar-refractivity contribution in [3.05, 3.63) is 46.2 Å². The van der Waals surface area contributed by atoms with Crippen LogP contribution in [0.5, 0.6) is 0 Å². The lowest BCUT2D eigenvalue weighted by Gasteiger charge is -2.01. The summed E-state index contributed by atoms with van der Waals surface area (Å²) < 4.78 is 4.59. The Morgan fingerprint density at radius 1 is 1.35 bits per heavy atom. The van der Waals surface area contributed by atoms with Crippen LogP contribution in [-0.2, 0) is 17.6 Å². The van der Waals surface area contributed by atoms with Gasteiger partial charge in [0, 0.05) is 24.2 Å². The summed E-state index contributed by atoms with van der Waals surface area (Å²) >= 11 is 1.65. The number of hydrogen-bond donors (Lipinski definition) is 0. The minimum Gasteiger partial charge on any atom is -0.464 e. The van der Waals surface area contributed by atoms with Crippen LogP contribution < -0.4 is 0 Å². The molecule has 0 spiro atoms. The van der Waals surface area contributed by atoms with Gasteiger partial charge in [0.15, 0.2) is 0 Å². The van der Waals surface area contributed by atoms with Gasteiger partial charge in [-0.2, -0.15) is 0 Å². The molecule has 2 rings (SSSR count). The minimum absolute atomic E-state index is 0.338. The number of carbonyl (C=O) groups excluding carboxylic acids is 1. The van der Waals surface area contributed by atoms with Gasteiger partial charge in [-0.3, -0.25) is 0 Å². The molecule has 17 heavy (non-hydrogen) atoms. The summed E-state index contributed by atoms with van der Waals surface area (Å²) in [5.74, 6) is -0.406. The maximum atomic E-state index is 11.2. The first-order chi connectivity index (χ1) is 8.29. The third-order valence-corrected chi connectivity index (χ3v) is 3.17. The van der Waals surface area contributed by atoms with Crippen molar-refractivity contribution in [1.29, 1.82) is 0 Å². The van der Waals surface area contributed by atoms with Crippen LogP contribution in [0.15, 0.2) is 29.9 Å².